The highest BCUT2D eigenvalue weighted by atomic mass is 19.1. The summed E-state index contributed by atoms with van der Waals surface area (Å²) < 4.78 is 33.3. The number of rotatable bonds is 4. The van der Waals surface area contributed by atoms with Crippen molar-refractivity contribution in [2.24, 2.45) is 4.99 Å². The maximum Gasteiger partial charge on any atom is 0.222 e. The molecule has 2 aromatic carbocycles. The third-order valence-electron chi connectivity index (χ3n) is 4.64. The van der Waals surface area contributed by atoms with Gasteiger partial charge in [0.25, 0.3) is 0 Å². The molecule has 0 fully saturated rings. The van der Waals surface area contributed by atoms with E-state index < -0.39 is 11.6 Å². The van der Waals surface area contributed by atoms with Gasteiger partial charge in [-0.05, 0) is 35.7 Å². The molecule has 3 nitrogen and oxygen atoms in total. The van der Waals surface area contributed by atoms with Crippen LogP contribution in [0.25, 0.3) is 11.1 Å². The van der Waals surface area contributed by atoms with E-state index in [1.807, 2.05) is 36.5 Å². The highest BCUT2D eigenvalue weighted by molar-refractivity contribution is 5.95. The van der Waals surface area contributed by atoms with Crippen LogP contribution in [0.5, 0.6) is 0 Å². The summed E-state index contributed by atoms with van der Waals surface area (Å²) in [6.07, 6.45) is 2.77. The zero-order valence-electron chi connectivity index (χ0n) is 14.8. The average Bonchev–Trinajstić information content (AvgIpc) is 3.18. The lowest BCUT2D eigenvalue weighted by Crippen LogP contribution is -2.07. The van der Waals surface area contributed by atoms with Gasteiger partial charge in [0.2, 0.25) is 5.90 Å². The molecule has 0 saturated carbocycles. The molecule has 27 heavy (non-hydrogen) atoms. The molecule has 0 spiro atoms. The van der Waals surface area contributed by atoms with Gasteiger partial charge in [0.05, 0.1) is 0 Å². The zero-order valence-corrected chi connectivity index (χ0v) is 14.8. The van der Waals surface area contributed by atoms with Crippen LogP contribution in [0.3, 0.4) is 0 Å². The Hall–Kier alpha value is -3.08. The van der Waals surface area contributed by atoms with Gasteiger partial charge in [0.15, 0.2) is 0 Å². The SMILES string of the molecule is CCc1ccc(-c2ccc(C3COC(c4c(F)cccc4F)=N3)cc2)cn1. The molecule has 5 heteroatoms. The summed E-state index contributed by atoms with van der Waals surface area (Å²) in [5.41, 5.74) is 3.87. The minimum atomic E-state index is -0.673. The highest BCUT2D eigenvalue weighted by Gasteiger charge is 2.26. The van der Waals surface area contributed by atoms with Crippen molar-refractivity contribution in [1.82, 2.24) is 4.98 Å². The van der Waals surface area contributed by atoms with Gasteiger partial charge in [-0.25, -0.2) is 13.8 Å². The molecule has 136 valence electrons. The zero-order chi connectivity index (χ0) is 18.8. The lowest BCUT2D eigenvalue weighted by Gasteiger charge is -2.07. The smallest absolute Gasteiger partial charge is 0.222 e. The summed E-state index contributed by atoms with van der Waals surface area (Å²) in [5, 5.41) is 0. The number of aromatic nitrogens is 1. The Bertz CT molecular complexity index is 962. The third kappa shape index (κ3) is 3.45. The van der Waals surface area contributed by atoms with Crippen LogP contribution in [0.2, 0.25) is 0 Å². The minimum Gasteiger partial charge on any atom is -0.475 e. The van der Waals surface area contributed by atoms with Gasteiger partial charge < -0.3 is 4.74 Å². The maximum atomic E-state index is 13.9. The predicted molar refractivity (Wildman–Crippen MR) is 101 cm³/mol. The molecular formula is C22H18F2N2O. The van der Waals surface area contributed by atoms with Crippen molar-refractivity contribution >= 4 is 5.90 Å². The van der Waals surface area contributed by atoms with Crippen molar-refractivity contribution in [3.8, 4) is 11.1 Å². The van der Waals surface area contributed by atoms with Crippen molar-refractivity contribution in [2.75, 3.05) is 6.61 Å². The topological polar surface area (TPSA) is 34.5 Å². The van der Waals surface area contributed by atoms with Gasteiger partial charge >= 0.3 is 0 Å². The Balaban J connectivity index is 1.57. The van der Waals surface area contributed by atoms with Crippen LogP contribution in [0.15, 0.2) is 65.8 Å². The summed E-state index contributed by atoms with van der Waals surface area (Å²) in [5.74, 6) is -1.33. The molecule has 4 rings (SSSR count). The molecule has 2 heterocycles. The molecule has 0 radical (unpaired) electrons. The van der Waals surface area contributed by atoms with Crippen LogP contribution in [-0.4, -0.2) is 17.5 Å². The minimum absolute atomic E-state index is 0.0130. The fraction of sp³-hybridized carbons (Fsp3) is 0.182. The summed E-state index contributed by atoms with van der Waals surface area (Å²) in [4.78, 5) is 8.80. The van der Waals surface area contributed by atoms with Crippen molar-refractivity contribution < 1.29 is 13.5 Å². The van der Waals surface area contributed by atoms with E-state index in [-0.39, 0.29) is 24.1 Å². The molecule has 1 aliphatic heterocycles. The Kier molecular flexibility index (Phi) is 4.67. The molecule has 3 aromatic rings. The summed E-state index contributed by atoms with van der Waals surface area (Å²) in [7, 11) is 0. The van der Waals surface area contributed by atoms with Crippen molar-refractivity contribution in [3.63, 3.8) is 0 Å². The second-order valence-corrected chi connectivity index (χ2v) is 6.37. The summed E-state index contributed by atoms with van der Waals surface area (Å²) in [6.45, 7) is 2.33. The van der Waals surface area contributed by atoms with Crippen molar-refractivity contribution in [1.29, 1.82) is 0 Å². The number of benzene rings is 2. The molecule has 1 atom stereocenters. The third-order valence-corrected chi connectivity index (χ3v) is 4.64. The van der Waals surface area contributed by atoms with Crippen molar-refractivity contribution in [2.45, 2.75) is 19.4 Å². The number of aliphatic imine (C=N–C) groups is 1. The predicted octanol–water partition coefficient (Wildman–Crippen LogP) is 5.11. The average molecular weight is 364 g/mol. The van der Waals surface area contributed by atoms with Gasteiger partial charge in [0.1, 0.15) is 29.8 Å². The Morgan fingerprint density at radius 1 is 0.963 bits per heavy atom. The van der Waals surface area contributed by atoms with E-state index in [0.717, 1.165) is 28.8 Å². The van der Waals surface area contributed by atoms with Gasteiger partial charge in [-0.2, -0.15) is 0 Å². The molecule has 0 N–H and O–H groups in total. The van der Waals surface area contributed by atoms with E-state index >= 15 is 0 Å². The maximum absolute atomic E-state index is 13.9. The van der Waals surface area contributed by atoms with Gasteiger partial charge in [-0.1, -0.05) is 43.3 Å². The Labute approximate surface area is 156 Å². The molecule has 1 aliphatic rings. The number of aryl methyl sites for hydroxylation is 1. The molecule has 1 aromatic heterocycles. The second-order valence-electron chi connectivity index (χ2n) is 6.37. The van der Waals surface area contributed by atoms with Crippen molar-refractivity contribution in [3.05, 3.63) is 89.2 Å². The number of hydrogen-bond donors (Lipinski definition) is 0. The first-order valence-corrected chi connectivity index (χ1v) is 8.86. The largest absolute Gasteiger partial charge is 0.475 e. The number of halogens is 2. The van der Waals surface area contributed by atoms with E-state index in [4.69, 9.17) is 4.74 Å². The monoisotopic (exact) mass is 364 g/mol. The van der Waals surface area contributed by atoms with Gasteiger partial charge in [0, 0.05) is 17.5 Å². The van der Waals surface area contributed by atoms with Gasteiger partial charge in [-0.3, -0.25) is 4.98 Å². The van der Waals surface area contributed by atoms with Crippen LogP contribution in [-0.2, 0) is 11.2 Å². The highest BCUT2D eigenvalue weighted by Crippen LogP contribution is 2.29. The Morgan fingerprint density at radius 3 is 2.30 bits per heavy atom. The number of ether oxygens (including phenoxy) is 1. The molecular weight excluding hydrogens is 346 g/mol. The first-order valence-electron chi connectivity index (χ1n) is 8.86. The lowest BCUT2D eigenvalue weighted by molar-refractivity contribution is 0.317. The fourth-order valence-electron chi connectivity index (χ4n) is 3.09. The van der Waals surface area contributed by atoms with Crippen LogP contribution in [0, 0.1) is 11.6 Å². The first-order chi connectivity index (χ1) is 13.2. The molecule has 0 saturated heterocycles. The normalized spacial score (nSPS) is 16.1. The molecule has 0 bridgehead atoms. The second kappa shape index (κ2) is 7.27. The molecule has 1 unspecified atom stereocenters. The number of hydrogen-bond acceptors (Lipinski definition) is 3. The number of nitrogens with zero attached hydrogens (tertiary/aromatic N) is 2. The fourth-order valence-corrected chi connectivity index (χ4v) is 3.09. The van der Waals surface area contributed by atoms with E-state index in [1.165, 1.54) is 18.2 Å². The van der Waals surface area contributed by atoms with Crippen LogP contribution in [0.4, 0.5) is 8.78 Å². The summed E-state index contributed by atoms with van der Waals surface area (Å²) in [6, 6.07) is 15.4. The van der Waals surface area contributed by atoms with Crippen LogP contribution >= 0.6 is 0 Å². The van der Waals surface area contributed by atoms with E-state index in [2.05, 4.69) is 23.0 Å². The quantitative estimate of drug-likeness (QED) is 0.645. The van der Waals surface area contributed by atoms with Crippen LogP contribution in [0.1, 0.15) is 29.8 Å². The standard InChI is InChI=1S/C22H18F2N2O/c1-2-17-11-10-16(12-25-17)14-6-8-15(9-7-14)20-13-27-22(26-20)21-18(23)4-3-5-19(21)24/h3-12,20H,2,13H2,1H3. The van der Waals surface area contributed by atoms with Crippen LogP contribution < -0.4 is 0 Å². The Morgan fingerprint density at radius 2 is 1.67 bits per heavy atom. The summed E-state index contributed by atoms with van der Waals surface area (Å²) >= 11 is 0. The van der Waals surface area contributed by atoms with E-state index in [1.54, 1.807) is 0 Å². The van der Waals surface area contributed by atoms with E-state index in [9.17, 15) is 8.78 Å². The van der Waals surface area contributed by atoms with E-state index in [0.29, 0.717) is 0 Å². The molecule has 0 aliphatic carbocycles. The lowest BCUT2D eigenvalue weighted by atomic mass is 10.0. The number of pyridine rings is 1. The van der Waals surface area contributed by atoms with Gasteiger partial charge in [-0.15, -0.1) is 0 Å². The first kappa shape index (κ1) is 17.3. The molecule has 0 amide bonds.